The summed E-state index contributed by atoms with van der Waals surface area (Å²) < 4.78 is 0. The van der Waals surface area contributed by atoms with E-state index in [1.807, 2.05) is 0 Å². The van der Waals surface area contributed by atoms with E-state index in [-0.39, 0.29) is 0 Å². The van der Waals surface area contributed by atoms with Crippen molar-refractivity contribution in [1.82, 2.24) is 0 Å². The summed E-state index contributed by atoms with van der Waals surface area (Å²) in [6.45, 7) is 0.673. The van der Waals surface area contributed by atoms with Gasteiger partial charge in [-0.2, -0.15) is 0 Å². The van der Waals surface area contributed by atoms with Crippen molar-refractivity contribution in [3.63, 3.8) is 0 Å². The van der Waals surface area contributed by atoms with Crippen molar-refractivity contribution >= 4 is 5.78 Å². The quantitative estimate of drug-likeness (QED) is 0.370. The van der Waals surface area contributed by atoms with Crippen LogP contribution in [0.1, 0.15) is 6.92 Å². The molecule has 0 unspecified atom stereocenters. The number of hydrogen-bond acceptors (Lipinski definition) is 5. The number of Topliss-reactive ketones (excluding diaryl/α,β-unsaturated/α-hetero) is 1. The number of carbonyl (C=O) groups excluding carboxylic acids is 1. The molecule has 0 amide bonds. The zero-order chi connectivity index (χ0) is 9.02. The molecule has 0 saturated heterocycles. The van der Waals surface area contributed by atoms with Crippen molar-refractivity contribution in [2.75, 3.05) is 6.61 Å². The second-order valence-electron chi connectivity index (χ2n) is 2.35. The lowest BCUT2D eigenvalue weighted by Crippen LogP contribution is -2.47. The first-order valence-electron chi connectivity index (χ1n) is 3.27. The first kappa shape index (κ1) is 10.5. The van der Waals surface area contributed by atoms with Gasteiger partial charge in [0.15, 0.2) is 5.78 Å². The normalized spacial score (nSPS) is 19.0. The van der Waals surface area contributed by atoms with Crippen LogP contribution in [-0.4, -0.2) is 46.0 Å². The van der Waals surface area contributed by atoms with E-state index in [9.17, 15) is 4.79 Å². The Kier molecular flexibility index (Phi) is 4.20. The van der Waals surface area contributed by atoms with Crippen molar-refractivity contribution in [3.8, 4) is 0 Å². The second kappa shape index (κ2) is 4.40. The molecule has 0 rings (SSSR count). The fraction of sp³-hybridized carbons (Fsp3) is 0.833. The van der Waals surface area contributed by atoms with E-state index < -0.39 is 30.6 Å². The van der Waals surface area contributed by atoms with Gasteiger partial charge in [0.1, 0.15) is 6.10 Å². The molecular formula is C6H13NO4. The fourth-order valence-electron chi connectivity index (χ4n) is 0.582. The van der Waals surface area contributed by atoms with Gasteiger partial charge in [0, 0.05) is 0 Å². The topological polar surface area (TPSA) is 104 Å². The Balaban J connectivity index is 4.02. The number of hydrogen-bond donors (Lipinski definition) is 4. The van der Waals surface area contributed by atoms with E-state index in [0.29, 0.717) is 0 Å². The van der Waals surface area contributed by atoms with Gasteiger partial charge in [-0.15, -0.1) is 0 Å². The van der Waals surface area contributed by atoms with Gasteiger partial charge in [0.25, 0.3) is 0 Å². The highest BCUT2D eigenvalue weighted by atomic mass is 16.3. The van der Waals surface area contributed by atoms with Crippen LogP contribution in [0.15, 0.2) is 0 Å². The minimum atomic E-state index is -1.29. The van der Waals surface area contributed by atoms with Gasteiger partial charge in [0.05, 0.1) is 18.8 Å². The van der Waals surface area contributed by atoms with Gasteiger partial charge in [-0.1, -0.05) is 0 Å². The predicted octanol–water partition coefficient (Wildman–Crippen LogP) is -2.38. The summed E-state index contributed by atoms with van der Waals surface area (Å²) in [4.78, 5) is 10.8. The zero-order valence-corrected chi connectivity index (χ0v) is 6.27. The third kappa shape index (κ3) is 2.94. The molecule has 5 heteroatoms. The fourth-order valence-corrected chi connectivity index (χ4v) is 0.582. The second-order valence-corrected chi connectivity index (χ2v) is 2.35. The number of nitrogens with two attached hydrogens (primary N) is 1. The van der Waals surface area contributed by atoms with Crippen molar-refractivity contribution < 1.29 is 20.1 Å². The predicted molar refractivity (Wildman–Crippen MR) is 37.8 cm³/mol. The summed E-state index contributed by atoms with van der Waals surface area (Å²) in [5, 5.41) is 25.9. The maximum atomic E-state index is 10.8. The lowest BCUT2D eigenvalue weighted by atomic mass is 10.0. The maximum Gasteiger partial charge on any atom is 0.180 e. The SMILES string of the molecule is C[C@@H](O)C(=O)[C@H](N)[C@@H](O)CO. The molecule has 5 N–H and O–H groups in total. The molecule has 0 spiro atoms. The first-order chi connectivity index (χ1) is 5.00. The molecule has 0 saturated carbocycles. The van der Waals surface area contributed by atoms with Crippen LogP contribution in [0.3, 0.4) is 0 Å². The van der Waals surface area contributed by atoms with Crippen molar-refractivity contribution in [1.29, 1.82) is 0 Å². The zero-order valence-electron chi connectivity index (χ0n) is 6.27. The van der Waals surface area contributed by atoms with Crippen LogP contribution in [-0.2, 0) is 4.79 Å². The van der Waals surface area contributed by atoms with Gasteiger partial charge in [-0.3, -0.25) is 4.79 Å². The van der Waals surface area contributed by atoms with Gasteiger partial charge < -0.3 is 21.1 Å². The first-order valence-corrected chi connectivity index (χ1v) is 3.27. The summed E-state index contributed by atoms with van der Waals surface area (Å²) in [7, 11) is 0. The highest BCUT2D eigenvalue weighted by Crippen LogP contribution is 1.95. The Morgan fingerprint density at radius 3 is 2.27 bits per heavy atom. The van der Waals surface area contributed by atoms with Gasteiger partial charge in [-0.05, 0) is 6.92 Å². The summed E-state index contributed by atoms with van der Waals surface area (Å²) in [6, 6.07) is -1.21. The van der Waals surface area contributed by atoms with Crippen LogP contribution in [0.2, 0.25) is 0 Å². The molecule has 0 radical (unpaired) electrons. The molecule has 0 aliphatic rings. The molecule has 3 atom stereocenters. The highest BCUT2D eigenvalue weighted by Gasteiger charge is 2.24. The standard InChI is InChI=1S/C6H13NO4/c1-3(9)6(11)5(7)4(10)2-8/h3-5,8-10H,2,7H2,1H3/t3-,4+,5-/m1/s1. The summed E-state index contributed by atoms with van der Waals surface area (Å²) in [5.74, 6) is -0.674. The summed E-state index contributed by atoms with van der Waals surface area (Å²) in [5.41, 5.74) is 5.15. The molecule has 66 valence electrons. The third-order valence-corrected chi connectivity index (χ3v) is 1.34. The molecule has 0 bridgehead atoms. The number of aliphatic hydroxyl groups excluding tert-OH is 3. The number of ketones is 1. The smallest absolute Gasteiger partial charge is 0.180 e. The van der Waals surface area contributed by atoms with Crippen molar-refractivity contribution in [2.24, 2.45) is 5.73 Å². The van der Waals surface area contributed by atoms with Crippen LogP contribution in [0.25, 0.3) is 0 Å². The molecule has 11 heavy (non-hydrogen) atoms. The van der Waals surface area contributed by atoms with Gasteiger partial charge in [0.2, 0.25) is 0 Å². The summed E-state index contributed by atoms with van der Waals surface area (Å²) in [6.07, 6.45) is -2.50. The Morgan fingerprint density at radius 1 is 1.55 bits per heavy atom. The molecule has 0 aromatic rings. The third-order valence-electron chi connectivity index (χ3n) is 1.34. The molecule has 0 aromatic carbocycles. The van der Waals surface area contributed by atoms with Crippen molar-refractivity contribution in [3.05, 3.63) is 0 Å². The van der Waals surface area contributed by atoms with E-state index >= 15 is 0 Å². The molecule has 0 aromatic heterocycles. The Labute approximate surface area is 64.4 Å². The van der Waals surface area contributed by atoms with E-state index in [4.69, 9.17) is 21.1 Å². The minimum absolute atomic E-state index is 0.584. The Bertz CT molecular complexity index is 137. The maximum absolute atomic E-state index is 10.8. The Morgan fingerprint density at radius 2 is 2.00 bits per heavy atom. The lowest BCUT2D eigenvalue weighted by Gasteiger charge is -2.16. The lowest BCUT2D eigenvalue weighted by molar-refractivity contribution is -0.130. The Hall–Kier alpha value is -0.490. The molecule has 0 aliphatic heterocycles. The van der Waals surface area contributed by atoms with E-state index in [1.54, 1.807) is 0 Å². The monoisotopic (exact) mass is 163 g/mol. The van der Waals surface area contributed by atoms with Crippen LogP contribution in [0.5, 0.6) is 0 Å². The number of aliphatic hydroxyl groups is 3. The van der Waals surface area contributed by atoms with Crippen LogP contribution < -0.4 is 5.73 Å². The summed E-state index contributed by atoms with van der Waals surface area (Å²) >= 11 is 0. The van der Waals surface area contributed by atoms with E-state index in [1.165, 1.54) is 6.92 Å². The van der Waals surface area contributed by atoms with E-state index in [2.05, 4.69) is 0 Å². The molecule has 0 heterocycles. The van der Waals surface area contributed by atoms with Gasteiger partial charge in [-0.25, -0.2) is 0 Å². The van der Waals surface area contributed by atoms with E-state index in [0.717, 1.165) is 0 Å². The molecule has 0 fully saturated rings. The molecule has 0 aliphatic carbocycles. The van der Waals surface area contributed by atoms with Crippen LogP contribution >= 0.6 is 0 Å². The van der Waals surface area contributed by atoms with Crippen LogP contribution in [0, 0.1) is 0 Å². The number of rotatable bonds is 4. The average Bonchev–Trinajstić information content (AvgIpc) is 2.00. The number of carbonyl (C=O) groups is 1. The van der Waals surface area contributed by atoms with Gasteiger partial charge >= 0.3 is 0 Å². The van der Waals surface area contributed by atoms with Crippen molar-refractivity contribution in [2.45, 2.75) is 25.2 Å². The average molecular weight is 163 g/mol. The largest absolute Gasteiger partial charge is 0.394 e. The minimum Gasteiger partial charge on any atom is -0.394 e. The molecule has 5 nitrogen and oxygen atoms in total. The molecular weight excluding hydrogens is 150 g/mol. The van der Waals surface area contributed by atoms with Crippen LogP contribution in [0.4, 0.5) is 0 Å². The highest BCUT2D eigenvalue weighted by molar-refractivity contribution is 5.87.